The predicted octanol–water partition coefficient (Wildman–Crippen LogP) is 3.14. The van der Waals surface area contributed by atoms with E-state index in [1.807, 2.05) is 11.3 Å². The minimum Gasteiger partial charge on any atom is -0.311 e. The van der Waals surface area contributed by atoms with E-state index in [4.69, 9.17) is 0 Å². The topological polar surface area (TPSA) is 15.3 Å². The number of thiophene rings is 1. The van der Waals surface area contributed by atoms with Crippen LogP contribution in [-0.4, -0.2) is 36.6 Å². The molecule has 2 heterocycles. The summed E-state index contributed by atoms with van der Waals surface area (Å²) in [6, 6.07) is 3.82. The van der Waals surface area contributed by atoms with Gasteiger partial charge in [0.25, 0.3) is 0 Å². The Hall–Kier alpha value is -0.380. The Morgan fingerprint density at radius 1 is 1.42 bits per heavy atom. The molecule has 0 bridgehead atoms. The Kier molecular flexibility index (Phi) is 4.57. The molecule has 1 aliphatic carbocycles. The second-order valence-corrected chi connectivity index (χ2v) is 6.96. The fourth-order valence-electron chi connectivity index (χ4n) is 3.35. The monoisotopic (exact) mass is 278 g/mol. The SMILES string of the molecule is CCCC1CN(CCc2ccsc2)C(C2CC2)CN1. The van der Waals surface area contributed by atoms with E-state index in [9.17, 15) is 0 Å². The van der Waals surface area contributed by atoms with Gasteiger partial charge in [-0.15, -0.1) is 0 Å². The second-order valence-electron chi connectivity index (χ2n) is 6.18. The first-order valence-electron chi connectivity index (χ1n) is 7.85. The molecule has 0 aromatic carbocycles. The minimum atomic E-state index is 0.725. The summed E-state index contributed by atoms with van der Waals surface area (Å²) in [6.07, 6.45) is 6.77. The molecule has 0 radical (unpaired) electrons. The van der Waals surface area contributed by atoms with Crippen molar-refractivity contribution in [3.8, 4) is 0 Å². The van der Waals surface area contributed by atoms with E-state index in [0.717, 1.165) is 18.0 Å². The molecule has 1 aromatic heterocycles. The molecule has 3 rings (SSSR count). The van der Waals surface area contributed by atoms with Crippen LogP contribution < -0.4 is 5.32 Å². The third-order valence-electron chi connectivity index (χ3n) is 4.61. The average Bonchev–Trinajstić information content (AvgIpc) is 3.13. The van der Waals surface area contributed by atoms with Gasteiger partial charge in [-0.2, -0.15) is 11.3 Å². The quantitative estimate of drug-likeness (QED) is 0.860. The van der Waals surface area contributed by atoms with Crippen LogP contribution in [0.5, 0.6) is 0 Å². The predicted molar refractivity (Wildman–Crippen MR) is 82.8 cm³/mol. The Bertz CT molecular complexity index is 372. The van der Waals surface area contributed by atoms with Crippen LogP contribution in [0.3, 0.4) is 0 Å². The molecule has 2 aliphatic rings. The van der Waals surface area contributed by atoms with Gasteiger partial charge in [0.05, 0.1) is 0 Å². The van der Waals surface area contributed by atoms with Crippen molar-refractivity contribution >= 4 is 11.3 Å². The summed E-state index contributed by atoms with van der Waals surface area (Å²) in [6.45, 7) is 6.03. The fraction of sp³-hybridized carbons (Fsp3) is 0.750. The highest BCUT2D eigenvalue weighted by molar-refractivity contribution is 7.07. The molecule has 3 heteroatoms. The zero-order valence-electron chi connectivity index (χ0n) is 12.0. The molecule has 1 aromatic rings. The van der Waals surface area contributed by atoms with Crippen LogP contribution in [0.15, 0.2) is 16.8 Å². The van der Waals surface area contributed by atoms with Crippen LogP contribution in [-0.2, 0) is 6.42 Å². The van der Waals surface area contributed by atoms with Crippen molar-refractivity contribution < 1.29 is 0 Å². The van der Waals surface area contributed by atoms with Crippen molar-refractivity contribution in [2.75, 3.05) is 19.6 Å². The van der Waals surface area contributed by atoms with Gasteiger partial charge in [-0.3, -0.25) is 4.90 Å². The zero-order valence-corrected chi connectivity index (χ0v) is 12.8. The highest BCUT2D eigenvalue weighted by Gasteiger charge is 2.38. The van der Waals surface area contributed by atoms with E-state index < -0.39 is 0 Å². The molecule has 19 heavy (non-hydrogen) atoms. The summed E-state index contributed by atoms with van der Waals surface area (Å²) >= 11 is 1.82. The van der Waals surface area contributed by atoms with E-state index in [1.54, 1.807) is 0 Å². The summed E-state index contributed by atoms with van der Waals surface area (Å²) in [5.41, 5.74) is 1.52. The van der Waals surface area contributed by atoms with Crippen LogP contribution in [0.2, 0.25) is 0 Å². The first-order valence-corrected chi connectivity index (χ1v) is 8.79. The Labute approximate surface area is 121 Å². The van der Waals surface area contributed by atoms with Gasteiger partial charge >= 0.3 is 0 Å². The maximum Gasteiger partial charge on any atom is 0.0249 e. The maximum absolute atomic E-state index is 3.77. The van der Waals surface area contributed by atoms with Gasteiger partial charge in [0.1, 0.15) is 0 Å². The fourth-order valence-corrected chi connectivity index (χ4v) is 4.06. The van der Waals surface area contributed by atoms with Gasteiger partial charge in [0, 0.05) is 31.7 Å². The molecule has 2 atom stereocenters. The lowest BCUT2D eigenvalue weighted by Crippen LogP contribution is -2.57. The molecular formula is C16H26N2S. The van der Waals surface area contributed by atoms with E-state index in [0.29, 0.717) is 0 Å². The second kappa shape index (κ2) is 6.38. The van der Waals surface area contributed by atoms with Gasteiger partial charge in [-0.1, -0.05) is 13.3 Å². The van der Waals surface area contributed by atoms with E-state index in [1.165, 1.54) is 57.3 Å². The third-order valence-corrected chi connectivity index (χ3v) is 5.34. The van der Waals surface area contributed by atoms with Gasteiger partial charge in [-0.05, 0) is 54.0 Å². The average molecular weight is 278 g/mol. The lowest BCUT2D eigenvalue weighted by Gasteiger charge is -2.41. The van der Waals surface area contributed by atoms with Crippen molar-refractivity contribution in [2.24, 2.45) is 5.92 Å². The molecule has 1 saturated heterocycles. The maximum atomic E-state index is 3.77. The largest absolute Gasteiger partial charge is 0.311 e. The highest BCUT2D eigenvalue weighted by atomic mass is 32.1. The van der Waals surface area contributed by atoms with Gasteiger partial charge in [-0.25, -0.2) is 0 Å². The van der Waals surface area contributed by atoms with Crippen LogP contribution in [0, 0.1) is 5.92 Å². The van der Waals surface area contributed by atoms with Gasteiger partial charge < -0.3 is 5.32 Å². The van der Waals surface area contributed by atoms with Crippen molar-refractivity contribution in [2.45, 2.75) is 51.1 Å². The molecule has 1 saturated carbocycles. The third kappa shape index (κ3) is 3.59. The number of rotatable bonds is 6. The summed E-state index contributed by atoms with van der Waals surface area (Å²) in [5.74, 6) is 0.984. The molecule has 106 valence electrons. The van der Waals surface area contributed by atoms with Crippen LogP contribution in [0.25, 0.3) is 0 Å². The van der Waals surface area contributed by atoms with Crippen molar-refractivity contribution in [3.63, 3.8) is 0 Å². The molecule has 0 amide bonds. The molecule has 2 fully saturated rings. The van der Waals surface area contributed by atoms with Crippen molar-refractivity contribution in [3.05, 3.63) is 22.4 Å². The summed E-state index contributed by atoms with van der Waals surface area (Å²) in [7, 11) is 0. The smallest absolute Gasteiger partial charge is 0.0249 e. The number of hydrogen-bond acceptors (Lipinski definition) is 3. The summed E-state index contributed by atoms with van der Waals surface area (Å²) < 4.78 is 0. The Morgan fingerprint density at radius 2 is 2.32 bits per heavy atom. The molecule has 1 aliphatic heterocycles. The first-order chi connectivity index (χ1) is 9.36. The van der Waals surface area contributed by atoms with Gasteiger partial charge in [0.2, 0.25) is 0 Å². The number of nitrogens with one attached hydrogen (secondary N) is 1. The van der Waals surface area contributed by atoms with Crippen molar-refractivity contribution in [1.29, 1.82) is 0 Å². The lowest BCUT2D eigenvalue weighted by atomic mass is 10.0. The summed E-state index contributed by atoms with van der Waals surface area (Å²) in [4.78, 5) is 2.78. The van der Waals surface area contributed by atoms with E-state index in [-0.39, 0.29) is 0 Å². The normalized spacial score (nSPS) is 28.7. The molecular weight excluding hydrogens is 252 g/mol. The molecule has 0 spiro atoms. The standard InChI is InChI=1S/C16H26N2S/c1-2-3-15-11-18(8-6-13-7-9-19-12-13)16(10-17-15)14-4-5-14/h7,9,12,14-17H,2-6,8,10-11H2,1H3. The Balaban J connectivity index is 1.56. The number of nitrogens with zero attached hydrogens (tertiary/aromatic N) is 1. The first kappa shape index (κ1) is 13.6. The van der Waals surface area contributed by atoms with Crippen LogP contribution in [0.1, 0.15) is 38.2 Å². The lowest BCUT2D eigenvalue weighted by molar-refractivity contribution is 0.113. The highest BCUT2D eigenvalue weighted by Crippen LogP contribution is 2.36. The van der Waals surface area contributed by atoms with Crippen molar-refractivity contribution in [1.82, 2.24) is 10.2 Å². The number of piperazine rings is 1. The molecule has 1 N–H and O–H groups in total. The van der Waals surface area contributed by atoms with E-state index >= 15 is 0 Å². The Morgan fingerprint density at radius 3 is 3.00 bits per heavy atom. The minimum absolute atomic E-state index is 0.725. The molecule has 2 unspecified atom stereocenters. The van der Waals surface area contributed by atoms with E-state index in [2.05, 4.69) is 34.0 Å². The van der Waals surface area contributed by atoms with Crippen LogP contribution in [0.4, 0.5) is 0 Å². The zero-order chi connectivity index (χ0) is 13.1. The number of hydrogen-bond donors (Lipinski definition) is 1. The van der Waals surface area contributed by atoms with Crippen LogP contribution >= 0.6 is 11.3 Å². The van der Waals surface area contributed by atoms with Gasteiger partial charge in [0.15, 0.2) is 0 Å². The summed E-state index contributed by atoms with van der Waals surface area (Å²) in [5, 5.41) is 8.28. The molecule has 2 nitrogen and oxygen atoms in total.